The van der Waals surface area contributed by atoms with E-state index in [0.717, 1.165) is 31.6 Å². The van der Waals surface area contributed by atoms with Crippen LogP contribution in [-0.2, 0) is 14.8 Å². The fourth-order valence-electron chi connectivity index (χ4n) is 2.95. The summed E-state index contributed by atoms with van der Waals surface area (Å²) in [5.41, 5.74) is 1.20. The van der Waals surface area contributed by atoms with Gasteiger partial charge in [-0.25, -0.2) is 13.6 Å². The standard InChI is InChI=1S/C14H24N2O3S/c1-11-4-6-12(7-5-11)9-14(17)16-8-2-3-13(10-16)20(15,18)19/h9,11,13H,2-8,10H2,1H3,(H2,15,18,19). The van der Waals surface area contributed by atoms with E-state index in [0.29, 0.717) is 19.4 Å². The summed E-state index contributed by atoms with van der Waals surface area (Å²) in [6.45, 7) is 3.10. The number of nitrogens with two attached hydrogens (primary N) is 1. The van der Waals surface area contributed by atoms with Crippen molar-refractivity contribution in [3.63, 3.8) is 0 Å². The van der Waals surface area contributed by atoms with Gasteiger partial charge in [-0.15, -0.1) is 0 Å². The molecule has 0 bridgehead atoms. The third-order valence-electron chi connectivity index (χ3n) is 4.40. The summed E-state index contributed by atoms with van der Waals surface area (Å²) < 4.78 is 22.8. The first-order chi connectivity index (χ1) is 9.36. The molecule has 6 heteroatoms. The average Bonchev–Trinajstić information content (AvgIpc) is 2.40. The molecule has 1 atom stereocenters. The van der Waals surface area contributed by atoms with Gasteiger partial charge in [-0.2, -0.15) is 0 Å². The fraction of sp³-hybridized carbons (Fsp3) is 0.786. The van der Waals surface area contributed by atoms with Gasteiger partial charge in [0.25, 0.3) is 0 Å². The molecule has 1 amide bonds. The second-order valence-corrected chi connectivity index (χ2v) is 7.97. The number of allylic oxidation sites excluding steroid dienone is 1. The van der Waals surface area contributed by atoms with Crippen LogP contribution in [0.2, 0.25) is 0 Å². The molecule has 114 valence electrons. The zero-order valence-corrected chi connectivity index (χ0v) is 12.9. The van der Waals surface area contributed by atoms with Crippen LogP contribution < -0.4 is 5.14 Å². The molecule has 5 nitrogen and oxygen atoms in total. The molecule has 1 saturated heterocycles. The largest absolute Gasteiger partial charge is 0.338 e. The Hall–Kier alpha value is -0.880. The van der Waals surface area contributed by atoms with E-state index in [1.807, 2.05) is 0 Å². The molecular weight excluding hydrogens is 276 g/mol. The van der Waals surface area contributed by atoms with Crippen LogP contribution in [0, 0.1) is 5.92 Å². The van der Waals surface area contributed by atoms with Gasteiger partial charge in [0.2, 0.25) is 15.9 Å². The number of amides is 1. The van der Waals surface area contributed by atoms with Crippen molar-refractivity contribution in [1.82, 2.24) is 4.90 Å². The number of sulfonamides is 1. The van der Waals surface area contributed by atoms with E-state index >= 15 is 0 Å². The highest BCUT2D eigenvalue weighted by Gasteiger charge is 2.30. The van der Waals surface area contributed by atoms with Crippen molar-refractivity contribution in [2.24, 2.45) is 11.1 Å². The molecule has 1 saturated carbocycles. The molecule has 20 heavy (non-hydrogen) atoms. The van der Waals surface area contributed by atoms with Crippen LogP contribution in [0.5, 0.6) is 0 Å². The lowest BCUT2D eigenvalue weighted by atomic mass is 9.87. The predicted molar refractivity (Wildman–Crippen MR) is 78.4 cm³/mol. The summed E-state index contributed by atoms with van der Waals surface area (Å²) in [6, 6.07) is 0. The van der Waals surface area contributed by atoms with E-state index in [4.69, 9.17) is 5.14 Å². The highest BCUT2D eigenvalue weighted by atomic mass is 32.2. The topological polar surface area (TPSA) is 80.5 Å². The third kappa shape index (κ3) is 4.06. The first-order valence-corrected chi connectivity index (χ1v) is 8.97. The molecule has 2 fully saturated rings. The number of hydrogen-bond donors (Lipinski definition) is 1. The van der Waals surface area contributed by atoms with Crippen LogP contribution in [0.4, 0.5) is 0 Å². The maximum atomic E-state index is 12.2. The first-order valence-electron chi connectivity index (χ1n) is 7.36. The lowest BCUT2D eigenvalue weighted by Gasteiger charge is -2.31. The molecule has 0 aromatic carbocycles. The maximum absolute atomic E-state index is 12.2. The van der Waals surface area contributed by atoms with Crippen molar-refractivity contribution in [2.75, 3.05) is 13.1 Å². The van der Waals surface area contributed by atoms with Crippen molar-refractivity contribution in [3.8, 4) is 0 Å². The predicted octanol–water partition coefficient (Wildman–Crippen LogP) is 1.40. The molecule has 2 aliphatic rings. The molecular formula is C14H24N2O3S. The number of carbonyl (C=O) groups excluding carboxylic acids is 1. The van der Waals surface area contributed by atoms with Crippen LogP contribution in [0.1, 0.15) is 45.4 Å². The summed E-state index contributed by atoms with van der Waals surface area (Å²) in [5.74, 6) is 0.687. The van der Waals surface area contributed by atoms with E-state index in [2.05, 4.69) is 6.92 Å². The van der Waals surface area contributed by atoms with Gasteiger partial charge in [0, 0.05) is 19.2 Å². The van der Waals surface area contributed by atoms with Gasteiger partial charge in [-0.05, 0) is 44.4 Å². The minimum atomic E-state index is -3.55. The lowest BCUT2D eigenvalue weighted by Crippen LogP contribution is -2.46. The van der Waals surface area contributed by atoms with Crippen molar-refractivity contribution >= 4 is 15.9 Å². The number of carbonyl (C=O) groups is 1. The molecule has 0 radical (unpaired) electrons. The summed E-state index contributed by atoms with van der Waals surface area (Å²) in [4.78, 5) is 13.9. The van der Waals surface area contributed by atoms with Crippen molar-refractivity contribution < 1.29 is 13.2 Å². The highest BCUT2D eigenvalue weighted by molar-refractivity contribution is 7.89. The molecule has 1 unspecified atom stereocenters. The van der Waals surface area contributed by atoms with Crippen molar-refractivity contribution in [3.05, 3.63) is 11.6 Å². The van der Waals surface area contributed by atoms with E-state index < -0.39 is 15.3 Å². The Morgan fingerprint density at radius 3 is 2.55 bits per heavy atom. The number of nitrogens with zero attached hydrogens (tertiary/aromatic N) is 1. The van der Waals surface area contributed by atoms with Crippen LogP contribution >= 0.6 is 0 Å². The first kappa shape index (κ1) is 15.5. The molecule has 0 aromatic heterocycles. The van der Waals surface area contributed by atoms with Gasteiger partial charge in [-0.3, -0.25) is 4.79 Å². The minimum absolute atomic E-state index is 0.0529. The summed E-state index contributed by atoms with van der Waals surface area (Å²) in [5, 5.41) is 4.58. The molecule has 1 heterocycles. The second kappa shape index (κ2) is 6.26. The summed E-state index contributed by atoms with van der Waals surface area (Å²) in [6.07, 6.45) is 7.22. The van der Waals surface area contributed by atoms with Crippen LogP contribution in [0.25, 0.3) is 0 Å². The minimum Gasteiger partial charge on any atom is -0.338 e. The normalized spacial score (nSPS) is 28.3. The number of rotatable bonds is 2. The Bertz CT molecular complexity index is 489. The van der Waals surface area contributed by atoms with Gasteiger partial charge in [0.15, 0.2) is 0 Å². The Labute approximate surface area is 121 Å². The average molecular weight is 300 g/mol. The van der Waals surface area contributed by atoms with E-state index in [1.165, 1.54) is 5.57 Å². The molecule has 0 aromatic rings. The number of hydrogen-bond acceptors (Lipinski definition) is 3. The Balaban J connectivity index is 1.97. The zero-order valence-electron chi connectivity index (χ0n) is 12.0. The third-order valence-corrected chi connectivity index (χ3v) is 5.71. The van der Waals surface area contributed by atoms with Crippen molar-refractivity contribution in [2.45, 2.75) is 50.7 Å². The smallest absolute Gasteiger partial charge is 0.246 e. The van der Waals surface area contributed by atoms with E-state index in [9.17, 15) is 13.2 Å². The highest BCUT2D eigenvalue weighted by Crippen LogP contribution is 2.28. The van der Waals surface area contributed by atoms with Gasteiger partial charge >= 0.3 is 0 Å². The van der Waals surface area contributed by atoms with Crippen LogP contribution in [0.15, 0.2) is 11.6 Å². The lowest BCUT2D eigenvalue weighted by molar-refractivity contribution is -0.126. The van der Waals surface area contributed by atoms with Gasteiger partial charge < -0.3 is 4.90 Å². The SMILES string of the molecule is CC1CCC(=CC(=O)N2CCCC(S(N)(=O)=O)C2)CC1. The van der Waals surface area contributed by atoms with Crippen LogP contribution in [-0.4, -0.2) is 37.6 Å². The van der Waals surface area contributed by atoms with Gasteiger partial charge in [-0.1, -0.05) is 12.5 Å². The van der Waals surface area contributed by atoms with Gasteiger partial charge in [0.05, 0.1) is 5.25 Å². The summed E-state index contributed by atoms with van der Waals surface area (Å²) in [7, 11) is -3.55. The zero-order chi connectivity index (χ0) is 14.8. The van der Waals surface area contributed by atoms with E-state index in [-0.39, 0.29) is 12.5 Å². The fourth-order valence-corrected chi connectivity index (χ4v) is 3.83. The quantitative estimate of drug-likeness (QED) is 0.783. The summed E-state index contributed by atoms with van der Waals surface area (Å²) >= 11 is 0. The molecule has 2 rings (SSSR count). The molecule has 1 aliphatic heterocycles. The van der Waals surface area contributed by atoms with Gasteiger partial charge in [0.1, 0.15) is 0 Å². The molecule has 2 N–H and O–H groups in total. The molecule has 0 spiro atoms. The molecule has 1 aliphatic carbocycles. The second-order valence-electron chi connectivity index (χ2n) is 6.12. The van der Waals surface area contributed by atoms with E-state index in [1.54, 1.807) is 11.0 Å². The Morgan fingerprint density at radius 2 is 1.95 bits per heavy atom. The Morgan fingerprint density at radius 1 is 1.30 bits per heavy atom. The maximum Gasteiger partial charge on any atom is 0.246 e. The number of piperidine rings is 1. The Kier molecular flexibility index (Phi) is 4.86. The number of likely N-dealkylation sites (tertiary alicyclic amines) is 1. The van der Waals surface area contributed by atoms with Crippen LogP contribution in [0.3, 0.4) is 0 Å². The van der Waals surface area contributed by atoms with Crippen molar-refractivity contribution in [1.29, 1.82) is 0 Å². The number of primary sulfonamides is 1. The monoisotopic (exact) mass is 300 g/mol.